The summed E-state index contributed by atoms with van der Waals surface area (Å²) in [6, 6.07) is 0. The van der Waals surface area contributed by atoms with E-state index < -0.39 is 19.9 Å². The molecule has 0 aromatic carbocycles. The van der Waals surface area contributed by atoms with Crippen molar-refractivity contribution in [2.24, 2.45) is 0 Å². The Morgan fingerprint density at radius 1 is 1.50 bits per heavy atom. The van der Waals surface area contributed by atoms with Crippen molar-refractivity contribution in [1.29, 1.82) is 0 Å². The minimum Gasteiger partial charge on any atom is -0.279 e. The zero-order valence-corrected chi connectivity index (χ0v) is 6.03. The Morgan fingerprint density at radius 3 is 2.30 bits per heavy atom. The predicted molar refractivity (Wildman–Crippen MR) is 32.2 cm³/mol. The molecule has 2 N–H and O–H groups in total. The molecule has 1 heterocycles. The maximum atomic E-state index is 10.4. The molecule has 0 atom stereocenters. The molecule has 1 aromatic rings. The molecule has 0 amide bonds. The maximum absolute atomic E-state index is 10.4. The fourth-order valence-corrected chi connectivity index (χ4v) is 0.959. The maximum Gasteiger partial charge on any atom is 0.341 e. The molecule has 0 aliphatic heterocycles. The number of aromatic amines is 2. The molecule has 0 fully saturated rings. The average Bonchev–Trinajstić information content (AvgIpc) is 2.11. The van der Waals surface area contributed by atoms with Crippen LogP contribution in [0.15, 0.2) is 9.95 Å². The summed E-state index contributed by atoms with van der Waals surface area (Å²) in [5, 5.41) is 4.35. The van der Waals surface area contributed by atoms with E-state index in [1.165, 1.54) is 0 Å². The van der Waals surface area contributed by atoms with E-state index in [1.54, 1.807) is 0 Å². The normalized spacial score (nSPS) is 11.7. The minimum absolute atomic E-state index is 0.570. The van der Waals surface area contributed by atoms with Gasteiger partial charge in [-0.1, -0.05) is 0 Å². The van der Waals surface area contributed by atoms with Gasteiger partial charge in [-0.05, 0) is 0 Å². The third-order valence-corrected chi connectivity index (χ3v) is 1.80. The van der Waals surface area contributed by atoms with Gasteiger partial charge in [-0.3, -0.25) is 4.98 Å². The Kier molecular flexibility index (Phi) is 1.53. The third-order valence-electron chi connectivity index (χ3n) is 0.710. The van der Waals surface area contributed by atoms with Crippen LogP contribution >= 0.6 is 10.7 Å². The van der Waals surface area contributed by atoms with Crippen LogP contribution < -0.4 is 5.69 Å². The first kappa shape index (κ1) is 7.29. The van der Waals surface area contributed by atoms with Crippen LogP contribution in [0.2, 0.25) is 0 Å². The molecule has 10 heavy (non-hydrogen) atoms. The predicted octanol–water partition coefficient (Wildman–Crippen LogP) is -0.975. The molecule has 56 valence electrons. The van der Waals surface area contributed by atoms with Crippen LogP contribution in [-0.4, -0.2) is 23.6 Å². The van der Waals surface area contributed by atoms with Gasteiger partial charge in [0.05, 0.1) is 0 Å². The number of nitrogens with zero attached hydrogens (tertiary/aromatic N) is 1. The highest BCUT2D eigenvalue weighted by Crippen LogP contribution is 2.03. The summed E-state index contributed by atoms with van der Waals surface area (Å²) in [6.45, 7) is 0. The molecule has 0 bridgehead atoms. The highest BCUT2D eigenvalue weighted by molar-refractivity contribution is 8.13. The Balaban J connectivity index is 3.34. The van der Waals surface area contributed by atoms with E-state index >= 15 is 0 Å². The molecule has 0 aliphatic rings. The molecule has 6 nitrogen and oxygen atoms in total. The van der Waals surface area contributed by atoms with Gasteiger partial charge in [-0.2, -0.15) is 0 Å². The molecule has 0 saturated carbocycles. The van der Waals surface area contributed by atoms with Crippen LogP contribution in [0.25, 0.3) is 0 Å². The summed E-state index contributed by atoms with van der Waals surface area (Å²) in [5.74, 6) is 0. The first-order valence-corrected chi connectivity index (χ1v) is 4.40. The fraction of sp³-hybridized carbons (Fsp3) is 0. The first-order valence-electron chi connectivity index (χ1n) is 2.09. The summed E-state index contributed by atoms with van der Waals surface area (Å²) in [7, 11) is 0.884. The first-order chi connectivity index (χ1) is 4.50. The quantitative estimate of drug-likeness (QED) is 0.548. The largest absolute Gasteiger partial charge is 0.341 e. The van der Waals surface area contributed by atoms with Crippen molar-refractivity contribution in [2.45, 2.75) is 5.16 Å². The van der Waals surface area contributed by atoms with Crippen molar-refractivity contribution >= 4 is 19.7 Å². The van der Waals surface area contributed by atoms with E-state index in [-0.39, 0.29) is 0 Å². The van der Waals surface area contributed by atoms with Crippen molar-refractivity contribution in [2.75, 3.05) is 0 Å². The highest BCUT2D eigenvalue weighted by atomic mass is 35.7. The van der Waals surface area contributed by atoms with Gasteiger partial charge in [0.15, 0.2) is 0 Å². The monoisotopic (exact) mass is 183 g/mol. The number of aromatic nitrogens is 3. The van der Waals surface area contributed by atoms with E-state index in [0.717, 1.165) is 0 Å². The Morgan fingerprint density at radius 2 is 2.10 bits per heavy atom. The third kappa shape index (κ3) is 1.36. The number of nitrogens with one attached hydrogen (secondary N) is 2. The van der Waals surface area contributed by atoms with Crippen LogP contribution in [0.4, 0.5) is 0 Å². The van der Waals surface area contributed by atoms with Crippen molar-refractivity contribution < 1.29 is 8.42 Å². The van der Waals surface area contributed by atoms with Gasteiger partial charge >= 0.3 is 5.69 Å². The van der Waals surface area contributed by atoms with Crippen molar-refractivity contribution in [3.63, 3.8) is 0 Å². The minimum atomic E-state index is -3.91. The number of halogens is 1. The number of hydrogen-bond acceptors (Lipinski definition) is 4. The van der Waals surface area contributed by atoms with E-state index in [9.17, 15) is 13.2 Å². The standard InChI is InChI=1S/C2H2ClN3O3S/c3-10(8,9)2-4-1(7)5-6-2/h(H2,4,5,6,7). The van der Waals surface area contributed by atoms with Crippen molar-refractivity contribution in [3.8, 4) is 0 Å². The summed E-state index contributed by atoms with van der Waals surface area (Å²) in [4.78, 5) is 12.1. The Labute approximate surface area is 59.6 Å². The van der Waals surface area contributed by atoms with Gasteiger partial charge in [0.25, 0.3) is 14.2 Å². The fourth-order valence-electron chi connectivity index (χ4n) is 0.370. The summed E-state index contributed by atoms with van der Waals surface area (Å²) >= 11 is 0. The Bertz CT molecular complexity index is 374. The lowest BCUT2D eigenvalue weighted by molar-refractivity contribution is 0.602. The molecule has 0 radical (unpaired) electrons. The summed E-state index contributed by atoms with van der Waals surface area (Å²) in [6.07, 6.45) is 0. The van der Waals surface area contributed by atoms with Crippen LogP contribution in [0.1, 0.15) is 0 Å². The molecule has 0 spiro atoms. The van der Waals surface area contributed by atoms with Crippen molar-refractivity contribution in [3.05, 3.63) is 10.5 Å². The van der Waals surface area contributed by atoms with E-state index in [0.29, 0.717) is 0 Å². The molecule has 0 aliphatic carbocycles. The zero-order valence-electron chi connectivity index (χ0n) is 4.46. The second kappa shape index (κ2) is 2.10. The zero-order chi connectivity index (χ0) is 7.78. The molecular formula is C2H2ClN3O3S. The van der Waals surface area contributed by atoms with Gasteiger partial charge in [-0.15, -0.1) is 5.10 Å². The second-order valence-electron chi connectivity index (χ2n) is 1.42. The topological polar surface area (TPSA) is 95.7 Å². The van der Waals surface area contributed by atoms with E-state index in [1.807, 2.05) is 10.1 Å². The lowest BCUT2D eigenvalue weighted by Gasteiger charge is -1.81. The summed E-state index contributed by atoms with van der Waals surface area (Å²) < 4.78 is 20.7. The van der Waals surface area contributed by atoms with Crippen LogP contribution in [0.5, 0.6) is 0 Å². The van der Waals surface area contributed by atoms with Gasteiger partial charge in [0.2, 0.25) is 0 Å². The van der Waals surface area contributed by atoms with E-state index in [4.69, 9.17) is 10.7 Å². The SMILES string of the molecule is O=c1[nH]nc(S(=O)(=O)Cl)[nH]1. The van der Waals surface area contributed by atoms with Gasteiger partial charge in [0.1, 0.15) is 0 Å². The van der Waals surface area contributed by atoms with Crippen LogP contribution in [-0.2, 0) is 9.05 Å². The average molecular weight is 184 g/mol. The van der Waals surface area contributed by atoms with E-state index in [2.05, 4.69) is 5.10 Å². The number of rotatable bonds is 1. The lowest BCUT2D eigenvalue weighted by atomic mass is 11.3. The Hall–Kier alpha value is -0.820. The molecule has 1 aromatic heterocycles. The highest BCUT2D eigenvalue weighted by Gasteiger charge is 2.13. The second-order valence-corrected chi connectivity index (χ2v) is 3.90. The van der Waals surface area contributed by atoms with Crippen LogP contribution in [0.3, 0.4) is 0 Å². The molecular weight excluding hydrogens is 182 g/mol. The van der Waals surface area contributed by atoms with Gasteiger partial charge in [0, 0.05) is 10.7 Å². The number of hydrogen-bond donors (Lipinski definition) is 2. The smallest absolute Gasteiger partial charge is 0.279 e. The number of H-pyrrole nitrogens is 2. The lowest BCUT2D eigenvalue weighted by Crippen LogP contribution is -2.02. The molecule has 1 rings (SSSR count). The van der Waals surface area contributed by atoms with Gasteiger partial charge < -0.3 is 0 Å². The molecule has 0 saturated heterocycles. The summed E-state index contributed by atoms with van der Waals surface area (Å²) in [5.41, 5.74) is -0.709. The van der Waals surface area contributed by atoms with Gasteiger partial charge in [-0.25, -0.2) is 18.3 Å². The van der Waals surface area contributed by atoms with Crippen LogP contribution in [0, 0.1) is 0 Å². The molecule has 0 unspecified atom stereocenters. The van der Waals surface area contributed by atoms with Crippen molar-refractivity contribution in [1.82, 2.24) is 15.2 Å². The molecule has 8 heteroatoms.